The van der Waals surface area contributed by atoms with Gasteiger partial charge in [0.05, 0.1) is 0 Å². The predicted molar refractivity (Wildman–Crippen MR) is 70.4 cm³/mol. The van der Waals surface area contributed by atoms with Crippen molar-refractivity contribution in [2.75, 3.05) is 17.3 Å². The summed E-state index contributed by atoms with van der Waals surface area (Å²) in [5.41, 5.74) is 3.52. The molecule has 0 atom stereocenters. The zero-order valence-corrected chi connectivity index (χ0v) is 11.0. The monoisotopic (exact) mass is 263 g/mol. The molecule has 0 fully saturated rings. The summed E-state index contributed by atoms with van der Waals surface area (Å²) in [5.74, 6) is 8.06. The minimum absolute atomic E-state index is 0.606. The van der Waals surface area contributed by atoms with Crippen LogP contribution in [0.5, 0.6) is 0 Å². The van der Waals surface area contributed by atoms with E-state index in [0.717, 1.165) is 17.8 Å². The molecule has 0 aliphatic rings. The van der Waals surface area contributed by atoms with Gasteiger partial charge in [-0.2, -0.15) is 4.98 Å². The number of rotatable bonds is 6. The lowest BCUT2D eigenvalue weighted by atomic mass is 10.2. The van der Waals surface area contributed by atoms with E-state index in [1.54, 1.807) is 6.92 Å². The van der Waals surface area contributed by atoms with Crippen LogP contribution in [0.3, 0.4) is 0 Å². The molecule has 0 aliphatic heterocycles. The molecule has 0 saturated heterocycles. The summed E-state index contributed by atoms with van der Waals surface area (Å²) in [6.45, 7) is 4.46. The van der Waals surface area contributed by atoms with E-state index in [2.05, 4.69) is 30.9 Å². The second-order valence-corrected chi connectivity index (χ2v) is 3.96. The molecule has 0 radical (unpaired) electrons. The fourth-order valence-corrected chi connectivity index (χ4v) is 1.75. The van der Waals surface area contributed by atoms with E-state index in [1.165, 1.54) is 6.33 Å². The van der Waals surface area contributed by atoms with Crippen molar-refractivity contribution < 1.29 is 4.52 Å². The van der Waals surface area contributed by atoms with Gasteiger partial charge in [-0.25, -0.2) is 15.8 Å². The molecule has 8 heteroatoms. The first kappa shape index (κ1) is 13.2. The van der Waals surface area contributed by atoms with Crippen LogP contribution < -0.4 is 16.6 Å². The van der Waals surface area contributed by atoms with Gasteiger partial charge in [0.15, 0.2) is 5.82 Å². The molecule has 0 amide bonds. The van der Waals surface area contributed by atoms with Crippen molar-refractivity contribution in [3.05, 3.63) is 23.6 Å². The minimum Gasteiger partial charge on any atom is -0.369 e. The Bertz CT molecular complexity index is 540. The van der Waals surface area contributed by atoms with Gasteiger partial charge in [0.1, 0.15) is 18.0 Å². The van der Waals surface area contributed by atoms with Crippen LogP contribution in [0.4, 0.5) is 11.6 Å². The molecule has 0 saturated carbocycles. The highest BCUT2D eigenvalue weighted by molar-refractivity contribution is 5.56. The maximum Gasteiger partial charge on any atom is 0.228 e. The molecule has 0 unspecified atom stereocenters. The summed E-state index contributed by atoms with van der Waals surface area (Å²) in [7, 11) is 0. The zero-order valence-electron chi connectivity index (χ0n) is 11.0. The zero-order chi connectivity index (χ0) is 13.7. The SMILES string of the molecule is CCc1c(NN)ncnc1NCCc1nc(C)no1. The van der Waals surface area contributed by atoms with Crippen molar-refractivity contribution in [2.24, 2.45) is 5.84 Å². The van der Waals surface area contributed by atoms with Gasteiger partial charge in [-0.05, 0) is 13.3 Å². The van der Waals surface area contributed by atoms with Crippen molar-refractivity contribution in [1.29, 1.82) is 0 Å². The predicted octanol–water partition coefficient (Wildman–Crippen LogP) is 0.671. The number of anilines is 2. The summed E-state index contributed by atoms with van der Waals surface area (Å²) in [5, 5.41) is 6.96. The third-order valence-corrected chi connectivity index (χ3v) is 2.64. The van der Waals surface area contributed by atoms with Crippen LogP contribution in [-0.4, -0.2) is 26.7 Å². The summed E-state index contributed by atoms with van der Waals surface area (Å²) in [6.07, 6.45) is 2.88. The van der Waals surface area contributed by atoms with Gasteiger partial charge in [-0.15, -0.1) is 0 Å². The average Bonchev–Trinajstić information content (AvgIpc) is 2.84. The molecule has 19 heavy (non-hydrogen) atoms. The van der Waals surface area contributed by atoms with E-state index in [1.807, 2.05) is 6.92 Å². The largest absolute Gasteiger partial charge is 0.369 e. The Hall–Kier alpha value is -2.22. The van der Waals surface area contributed by atoms with Crippen LogP contribution in [0, 0.1) is 6.92 Å². The van der Waals surface area contributed by atoms with Gasteiger partial charge in [0.25, 0.3) is 0 Å². The van der Waals surface area contributed by atoms with E-state index < -0.39 is 0 Å². The second kappa shape index (κ2) is 6.10. The molecule has 0 aromatic carbocycles. The Balaban J connectivity index is 1.99. The quantitative estimate of drug-likeness (QED) is 0.514. The normalized spacial score (nSPS) is 10.5. The highest BCUT2D eigenvalue weighted by Crippen LogP contribution is 2.19. The number of hydrogen-bond acceptors (Lipinski definition) is 8. The van der Waals surface area contributed by atoms with Crippen LogP contribution in [0.1, 0.15) is 24.2 Å². The highest BCUT2D eigenvalue weighted by Gasteiger charge is 2.09. The Morgan fingerprint density at radius 3 is 2.74 bits per heavy atom. The Morgan fingerprint density at radius 1 is 1.32 bits per heavy atom. The molecule has 2 heterocycles. The molecule has 2 rings (SSSR count). The standard InChI is InChI=1S/C11H17N7O/c1-3-8-10(14-6-15-11(8)17-12)13-5-4-9-16-7(2)18-19-9/h6H,3-5,12H2,1-2H3,(H2,13,14,15,17). The molecule has 4 N–H and O–H groups in total. The molecule has 8 nitrogen and oxygen atoms in total. The number of nitrogens with two attached hydrogens (primary N) is 1. The number of nitrogen functional groups attached to an aromatic ring is 1. The third kappa shape index (κ3) is 3.16. The Labute approximate surface area is 110 Å². The van der Waals surface area contributed by atoms with E-state index in [4.69, 9.17) is 10.4 Å². The summed E-state index contributed by atoms with van der Waals surface area (Å²) in [6, 6.07) is 0. The first-order valence-electron chi connectivity index (χ1n) is 6.08. The smallest absolute Gasteiger partial charge is 0.228 e. The average molecular weight is 263 g/mol. The van der Waals surface area contributed by atoms with Crippen LogP contribution in [-0.2, 0) is 12.8 Å². The van der Waals surface area contributed by atoms with E-state index >= 15 is 0 Å². The number of aromatic nitrogens is 4. The number of nitrogens with one attached hydrogen (secondary N) is 2. The molecular weight excluding hydrogens is 246 g/mol. The van der Waals surface area contributed by atoms with Crippen molar-refractivity contribution in [3.8, 4) is 0 Å². The van der Waals surface area contributed by atoms with Gasteiger partial charge in [0.2, 0.25) is 5.89 Å². The second-order valence-electron chi connectivity index (χ2n) is 3.96. The summed E-state index contributed by atoms with van der Waals surface area (Å²) >= 11 is 0. The van der Waals surface area contributed by atoms with Gasteiger partial charge >= 0.3 is 0 Å². The van der Waals surface area contributed by atoms with Crippen molar-refractivity contribution in [1.82, 2.24) is 20.1 Å². The van der Waals surface area contributed by atoms with Gasteiger partial charge in [0, 0.05) is 18.5 Å². The highest BCUT2D eigenvalue weighted by atomic mass is 16.5. The number of nitrogens with zero attached hydrogens (tertiary/aromatic N) is 4. The molecule has 0 bridgehead atoms. The molecular formula is C11H17N7O. The first-order chi connectivity index (χ1) is 9.24. The topological polar surface area (TPSA) is 115 Å². The lowest BCUT2D eigenvalue weighted by molar-refractivity contribution is 0.377. The van der Waals surface area contributed by atoms with Crippen LogP contribution in [0.15, 0.2) is 10.9 Å². The van der Waals surface area contributed by atoms with Gasteiger partial charge in [-0.3, -0.25) is 0 Å². The van der Waals surface area contributed by atoms with E-state index in [-0.39, 0.29) is 0 Å². The minimum atomic E-state index is 0.606. The first-order valence-corrected chi connectivity index (χ1v) is 6.08. The fraction of sp³-hybridized carbons (Fsp3) is 0.455. The van der Waals surface area contributed by atoms with Crippen molar-refractivity contribution >= 4 is 11.6 Å². The number of hydrogen-bond donors (Lipinski definition) is 3. The molecule has 102 valence electrons. The fourth-order valence-electron chi connectivity index (χ4n) is 1.75. The Kier molecular flexibility index (Phi) is 4.24. The summed E-state index contributed by atoms with van der Waals surface area (Å²) in [4.78, 5) is 12.4. The number of aryl methyl sites for hydroxylation is 1. The molecule has 0 aliphatic carbocycles. The van der Waals surface area contributed by atoms with Crippen LogP contribution >= 0.6 is 0 Å². The molecule has 2 aromatic heterocycles. The maximum atomic E-state index is 5.42. The van der Waals surface area contributed by atoms with Crippen LogP contribution in [0.25, 0.3) is 0 Å². The maximum absolute atomic E-state index is 5.42. The third-order valence-electron chi connectivity index (χ3n) is 2.64. The number of hydrazine groups is 1. The lowest BCUT2D eigenvalue weighted by Crippen LogP contribution is -2.15. The summed E-state index contributed by atoms with van der Waals surface area (Å²) < 4.78 is 5.04. The lowest BCUT2D eigenvalue weighted by Gasteiger charge is -2.11. The van der Waals surface area contributed by atoms with E-state index in [0.29, 0.717) is 30.5 Å². The van der Waals surface area contributed by atoms with Gasteiger partial charge < -0.3 is 15.3 Å². The molecule has 0 spiro atoms. The van der Waals surface area contributed by atoms with Crippen LogP contribution in [0.2, 0.25) is 0 Å². The van der Waals surface area contributed by atoms with Crippen molar-refractivity contribution in [2.45, 2.75) is 26.7 Å². The van der Waals surface area contributed by atoms with Crippen molar-refractivity contribution in [3.63, 3.8) is 0 Å². The van der Waals surface area contributed by atoms with Gasteiger partial charge in [-0.1, -0.05) is 12.1 Å². The Morgan fingerprint density at radius 2 is 2.11 bits per heavy atom. The van der Waals surface area contributed by atoms with E-state index in [9.17, 15) is 0 Å². The molecule has 2 aromatic rings.